The Kier molecular flexibility index (Phi) is 4.37. The number of hydrogen-bond acceptors (Lipinski definition) is 4. The molecule has 5 heteroatoms. The van der Waals surface area contributed by atoms with Gasteiger partial charge in [-0.1, -0.05) is 15.9 Å². The molecule has 0 spiro atoms. The fraction of sp³-hybridized carbons (Fsp3) is 0.286. The fourth-order valence-corrected chi connectivity index (χ4v) is 1.96. The molecule has 1 aromatic carbocycles. The molecule has 0 bridgehead atoms. The maximum absolute atomic E-state index is 5.77. The average molecular weight is 322 g/mol. The van der Waals surface area contributed by atoms with Crippen LogP contribution < -0.4 is 10.1 Å². The molecule has 19 heavy (non-hydrogen) atoms. The highest BCUT2D eigenvalue weighted by Gasteiger charge is 2.05. The molecule has 0 fully saturated rings. The van der Waals surface area contributed by atoms with Gasteiger partial charge in [0.1, 0.15) is 5.75 Å². The molecule has 0 saturated heterocycles. The SMILES string of the molecule is CCNc1nccc(Oc2cc(C)c(Br)c(C)c2)n1. The summed E-state index contributed by atoms with van der Waals surface area (Å²) in [5.74, 6) is 1.89. The zero-order valence-electron chi connectivity index (χ0n) is 11.2. The first kappa shape index (κ1) is 13.8. The molecule has 0 unspecified atom stereocenters. The van der Waals surface area contributed by atoms with E-state index < -0.39 is 0 Å². The molecule has 0 saturated carbocycles. The van der Waals surface area contributed by atoms with E-state index in [1.165, 1.54) is 0 Å². The molecule has 1 N–H and O–H groups in total. The van der Waals surface area contributed by atoms with Gasteiger partial charge in [-0.3, -0.25) is 0 Å². The number of rotatable bonds is 4. The second-order valence-electron chi connectivity index (χ2n) is 4.22. The van der Waals surface area contributed by atoms with Crippen LogP contribution in [0, 0.1) is 13.8 Å². The van der Waals surface area contributed by atoms with E-state index in [-0.39, 0.29) is 0 Å². The third-order valence-corrected chi connectivity index (χ3v) is 3.85. The minimum absolute atomic E-state index is 0.534. The number of benzene rings is 1. The van der Waals surface area contributed by atoms with Crippen LogP contribution in [0.15, 0.2) is 28.9 Å². The normalized spacial score (nSPS) is 10.3. The number of aromatic nitrogens is 2. The second-order valence-corrected chi connectivity index (χ2v) is 5.01. The van der Waals surface area contributed by atoms with Crippen molar-refractivity contribution in [3.63, 3.8) is 0 Å². The Morgan fingerprint density at radius 3 is 2.58 bits per heavy atom. The van der Waals surface area contributed by atoms with Crippen molar-refractivity contribution < 1.29 is 4.74 Å². The van der Waals surface area contributed by atoms with Crippen molar-refractivity contribution in [2.24, 2.45) is 0 Å². The molecule has 0 radical (unpaired) electrons. The van der Waals surface area contributed by atoms with Crippen molar-refractivity contribution >= 4 is 21.9 Å². The van der Waals surface area contributed by atoms with E-state index >= 15 is 0 Å². The van der Waals surface area contributed by atoms with Gasteiger partial charge >= 0.3 is 0 Å². The average Bonchev–Trinajstić information content (AvgIpc) is 2.37. The van der Waals surface area contributed by atoms with Crippen LogP contribution in [0.2, 0.25) is 0 Å². The Bertz CT molecular complexity index is 564. The number of aryl methyl sites for hydroxylation is 2. The van der Waals surface area contributed by atoms with Crippen molar-refractivity contribution in [3.05, 3.63) is 40.0 Å². The molecular weight excluding hydrogens is 306 g/mol. The number of anilines is 1. The van der Waals surface area contributed by atoms with Crippen molar-refractivity contribution in [1.29, 1.82) is 0 Å². The largest absolute Gasteiger partial charge is 0.439 e. The number of nitrogens with zero attached hydrogens (tertiary/aromatic N) is 2. The highest BCUT2D eigenvalue weighted by atomic mass is 79.9. The zero-order chi connectivity index (χ0) is 13.8. The molecular formula is C14H16BrN3O. The van der Waals surface area contributed by atoms with Crippen LogP contribution in [0.25, 0.3) is 0 Å². The summed E-state index contributed by atoms with van der Waals surface area (Å²) < 4.78 is 6.88. The molecule has 1 heterocycles. The Morgan fingerprint density at radius 1 is 1.26 bits per heavy atom. The first-order chi connectivity index (χ1) is 9.10. The summed E-state index contributed by atoms with van der Waals surface area (Å²) in [4.78, 5) is 8.39. The molecule has 0 aliphatic carbocycles. The Hall–Kier alpha value is -1.62. The summed E-state index contributed by atoms with van der Waals surface area (Å²) in [6, 6.07) is 5.70. The molecule has 0 amide bonds. The lowest BCUT2D eigenvalue weighted by molar-refractivity contribution is 0.461. The fourth-order valence-electron chi connectivity index (χ4n) is 1.73. The van der Waals surface area contributed by atoms with Gasteiger partial charge in [0.2, 0.25) is 11.8 Å². The summed E-state index contributed by atoms with van der Waals surface area (Å²) >= 11 is 3.54. The minimum atomic E-state index is 0.534. The molecule has 2 aromatic rings. The van der Waals surface area contributed by atoms with E-state index in [0.717, 1.165) is 27.9 Å². The number of halogens is 1. The van der Waals surface area contributed by atoms with Crippen molar-refractivity contribution in [3.8, 4) is 11.6 Å². The van der Waals surface area contributed by atoms with Crippen molar-refractivity contribution in [1.82, 2.24) is 9.97 Å². The van der Waals surface area contributed by atoms with Gasteiger partial charge in [0.05, 0.1) is 0 Å². The maximum atomic E-state index is 5.77. The second kappa shape index (κ2) is 6.02. The summed E-state index contributed by atoms with van der Waals surface area (Å²) in [5.41, 5.74) is 2.27. The van der Waals surface area contributed by atoms with Gasteiger partial charge in [0, 0.05) is 23.3 Å². The molecule has 4 nitrogen and oxygen atoms in total. The van der Waals surface area contributed by atoms with Gasteiger partial charge in [0.15, 0.2) is 0 Å². The van der Waals surface area contributed by atoms with E-state index in [4.69, 9.17) is 4.74 Å². The quantitative estimate of drug-likeness (QED) is 0.921. The zero-order valence-corrected chi connectivity index (χ0v) is 12.8. The highest BCUT2D eigenvalue weighted by Crippen LogP contribution is 2.28. The molecule has 2 rings (SSSR count). The molecule has 100 valence electrons. The standard InChI is InChI=1S/C14H16BrN3O/c1-4-16-14-17-6-5-12(18-14)19-11-7-9(2)13(15)10(3)8-11/h5-8H,4H2,1-3H3,(H,16,17,18). The van der Waals surface area contributed by atoms with Gasteiger partial charge in [0.25, 0.3) is 0 Å². The van der Waals surface area contributed by atoms with Crippen LogP contribution in [-0.2, 0) is 0 Å². The summed E-state index contributed by atoms with van der Waals surface area (Å²) in [7, 11) is 0. The van der Waals surface area contributed by atoms with Gasteiger partial charge < -0.3 is 10.1 Å². The van der Waals surface area contributed by atoms with E-state index in [0.29, 0.717) is 11.8 Å². The van der Waals surface area contributed by atoms with Crippen LogP contribution in [0.5, 0.6) is 11.6 Å². The van der Waals surface area contributed by atoms with E-state index in [1.807, 2.05) is 32.9 Å². The lowest BCUT2D eigenvalue weighted by atomic mass is 10.1. The monoisotopic (exact) mass is 321 g/mol. The van der Waals surface area contributed by atoms with Crippen LogP contribution in [0.3, 0.4) is 0 Å². The predicted molar refractivity (Wildman–Crippen MR) is 79.9 cm³/mol. The molecule has 0 atom stereocenters. The Morgan fingerprint density at radius 2 is 1.95 bits per heavy atom. The minimum Gasteiger partial charge on any atom is -0.439 e. The van der Waals surface area contributed by atoms with Crippen LogP contribution in [0.1, 0.15) is 18.1 Å². The lowest BCUT2D eigenvalue weighted by Gasteiger charge is -2.09. The third-order valence-electron chi connectivity index (χ3n) is 2.60. The van der Waals surface area contributed by atoms with Gasteiger partial charge in [-0.25, -0.2) is 4.98 Å². The Labute approximate surface area is 121 Å². The highest BCUT2D eigenvalue weighted by molar-refractivity contribution is 9.10. The van der Waals surface area contributed by atoms with E-state index in [1.54, 1.807) is 12.3 Å². The summed E-state index contributed by atoms with van der Waals surface area (Å²) in [6.07, 6.45) is 1.68. The molecule has 0 aliphatic heterocycles. The van der Waals surface area contributed by atoms with Crippen LogP contribution in [-0.4, -0.2) is 16.5 Å². The van der Waals surface area contributed by atoms with Crippen molar-refractivity contribution in [2.75, 3.05) is 11.9 Å². The Balaban J connectivity index is 2.23. The van der Waals surface area contributed by atoms with E-state index in [2.05, 4.69) is 31.2 Å². The molecule has 1 aromatic heterocycles. The van der Waals surface area contributed by atoms with E-state index in [9.17, 15) is 0 Å². The summed E-state index contributed by atoms with van der Waals surface area (Å²) in [5, 5.41) is 3.06. The van der Waals surface area contributed by atoms with Crippen LogP contribution in [0.4, 0.5) is 5.95 Å². The first-order valence-corrected chi connectivity index (χ1v) is 6.91. The number of hydrogen-bond donors (Lipinski definition) is 1. The van der Waals surface area contributed by atoms with Gasteiger partial charge in [-0.05, 0) is 44.0 Å². The van der Waals surface area contributed by atoms with Crippen LogP contribution >= 0.6 is 15.9 Å². The van der Waals surface area contributed by atoms with Gasteiger partial charge in [-0.15, -0.1) is 0 Å². The smallest absolute Gasteiger partial charge is 0.225 e. The van der Waals surface area contributed by atoms with Gasteiger partial charge in [-0.2, -0.15) is 4.98 Å². The molecule has 0 aliphatic rings. The third kappa shape index (κ3) is 3.44. The number of ether oxygens (including phenoxy) is 1. The maximum Gasteiger partial charge on any atom is 0.225 e. The van der Waals surface area contributed by atoms with Crippen molar-refractivity contribution in [2.45, 2.75) is 20.8 Å². The summed E-state index contributed by atoms with van der Waals surface area (Å²) in [6.45, 7) is 6.85. The topological polar surface area (TPSA) is 47.0 Å². The predicted octanol–water partition coefficient (Wildman–Crippen LogP) is 4.08. The lowest BCUT2D eigenvalue weighted by Crippen LogP contribution is -2.02. The first-order valence-electron chi connectivity index (χ1n) is 6.11. The number of nitrogens with one attached hydrogen (secondary N) is 1.